The van der Waals surface area contributed by atoms with Crippen molar-refractivity contribution in [2.24, 2.45) is 0 Å². The number of ether oxygens (including phenoxy) is 1. The fraction of sp³-hybridized carbons (Fsp3) is 0.417. The van der Waals surface area contributed by atoms with Crippen molar-refractivity contribution < 1.29 is 9.53 Å². The minimum atomic E-state index is 0.00714. The second-order valence-electron chi connectivity index (χ2n) is 3.51. The van der Waals surface area contributed by atoms with E-state index in [0.717, 1.165) is 5.56 Å². The van der Waals surface area contributed by atoms with Gasteiger partial charge in [-0.3, -0.25) is 4.79 Å². The maximum absolute atomic E-state index is 10.8. The molecule has 0 unspecified atom stereocenters. The van der Waals surface area contributed by atoms with E-state index >= 15 is 0 Å². The van der Waals surface area contributed by atoms with E-state index in [1.54, 1.807) is 6.92 Å². The predicted octanol–water partition coefficient (Wildman–Crippen LogP) is 2.57. The van der Waals surface area contributed by atoms with Gasteiger partial charge in [0, 0.05) is 6.42 Å². The fourth-order valence-corrected chi connectivity index (χ4v) is 1.28. The van der Waals surface area contributed by atoms with E-state index in [1.807, 2.05) is 37.3 Å². The molecule has 14 heavy (non-hydrogen) atoms. The highest BCUT2D eigenvalue weighted by Crippen LogP contribution is 2.05. The third-order valence-corrected chi connectivity index (χ3v) is 1.95. The third-order valence-electron chi connectivity index (χ3n) is 1.95. The molecule has 0 aromatic heterocycles. The Labute approximate surface area is 84.9 Å². The van der Waals surface area contributed by atoms with E-state index < -0.39 is 0 Å². The summed E-state index contributed by atoms with van der Waals surface area (Å²) >= 11 is 0. The van der Waals surface area contributed by atoms with Crippen LogP contribution >= 0.6 is 0 Å². The summed E-state index contributed by atoms with van der Waals surface area (Å²) in [6.45, 7) is 4.09. The lowest BCUT2D eigenvalue weighted by atomic mass is 10.2. The van der Waals surface area contributed by atoms with Crippen molar-refractivity contribution in [1.29, 1.82) is 0 Å². The summed E-state index contributed by atoms with van der Waals surface area (Å²) in [5.41, 5.74) is 1.14. The van der Waals surface area contributed by atoms with Crippen LogP contribution in [-0.4, -0.2) is 11.9 Å². The van der Waals surface area contributed by atoms with Crippen LogP contribution in [0, 0.1) is 0 Å². The monoisotopic (exact) mass is 192 g/mol. The minimum Gasteiger partial charge on any atom is -0.373 e. The molecule has 76 valence electrons. The van der Waals surface area contributed by atoms with Gasteiger partial charge in [-0.25, -0.2) is 0 Å². The van der Waals surface area contributed by atoms with Gasteiger partial charge in [0.2, 0.25) is 0 Å². The van der Waals surface area contributed by atoms with E-state index in [0.29, 0.717) is 13.0 Å². The van der Waals surface area contributed by atoms with Crippen LogP contribution < -0.4 is 0 Å². The third kappa shape index (κ3) is 4.19. The highest BCUT2D eigenvalue weighted by Gasteiger charge is 2.05. The quantitative estimate of drug-likeness (QED) is 0.716. The Morgan fingerprint density at radius 3 is 2.57 bits per heavy atom. The lowest BCUT2D eigenvalue weighted by Gasteiger charge is -2.10. The van der Waals surface area contributed by atoms with Crippen LogP contribution in [0.5, 0.6) is 0 Å². The molecular weight excluding hydrogens is 176 g/mol. The predicted molar refractivity (Wildman–Crippen MR) is 56.0 cm³/mol. The molecule has 0 radical (unpaired) electrons. The molecule has 0 fully saturated rings. The van der Waals surface area contributed by atoms with Crippen LogP contribution in [0.1, 0.15) is 25.8 Å². The van der Waals surface area contributed by atoms with Crippen molar-refractivity contribution in [2.75, 3.05) is 0 Å². The zero-order valence-electron chi connectivity index (χ0n) is 8.69. The van der Waals surface area contributed by atoms with Crippen LogP contribution in [0.4, 0.5) is 0 Å². The van der Waals surface area contributed by atoms with E-state index in [9.17, 15) is 4.79 Å². The zero-order chi connectivity index (χ0) is 10.4. The highest BCUT2D eigenvalue weighted by molar-refractivity contribution is 5.75. The van der Waals surface area contributed by atoms with Crippen molar-refractivity contribution >= 4 is 5.78 Å². The van der Waals surface area contributed by atoms with Gasteiger partial charge in [-0.15, -0.1) is 0 Å². The van der Waals surface area contributed by atoms with E-state index in [2.05, 4.69) is 0 Å². The smallest absolute Gasteiger partial charge is 0.132 e. The van der Waals surface area contributed by atoms with Crippen LogP contribution in [0.2, 0.25) is 0 Å². The number of carbonyl (C=O) groups is 1. The van der Waals surface area contributed by atoms with Gasteiger partial charge in [0.25, 0.3) is 0 Å². The first-order valence-corrected chi connectivity index (χ1v) is 4.83. The molecule has 0 spiro atoms. The first-order valence-electron chi connectivity index (χ1n) is 4.83. The highest BCUT2D eigenvalue weighted by atomic mass is 16.5. The molecule has 0 aliphatic carbocycles. The SMILES string of the molecule is CC(=O)C[C@H](C)OCc1ccccc1. The Hall–Kier alpha value is -1.15. The normalized spacial score (nSPS) is 12.4. The van der Waals surface area contributed by atoms with E-state index in [1.165, 1.54) is 0 Å². The second-order valence-corrected chi connectivity index (χ2v) is 3.51. The molecule has 2 nitrogen and oxygen atoms in total. The first-order chi connectivity index (χ1) is 6.68. The Balaban J connectivity index is 2.30. The van der Waals surface area contributed by atoms with Crippen molar-refractivity contribution in [1.82, 2.24) is 0 Å². The number of benzene rings is 1. The summed E-state index contributed by atoms with van der Waals surface area (Å²) in [6.07, 6.45) is 0.500. The molecule has 0 saturated heterocycles. The van der Waals surface area contributed by atoms with Crippen LogP contribution in [-0.2, 0) is 16.1 Å². The van der Waals surface area contributed by atoms with Gasteiger partial charge in [-0.05, 0) is 19.4 Å². The van der Waals surface area contributed by atoms with Crippen LogP contribution in [0.25, 0.3) is 0 Å². The summed E-state index contributed by atoms with van der Waals surface area (Å²) in [5, 5.41) is 0. The molecule has 1 rings (SSSR count). The molecule has 1 aromatic carbocycles. The van der Waals surface area contributed by atoms with Crippen molar-refractivity contribution in [2.45, 2.75) is 33.0 Å². The molecule has 0 amide bonds. The second kappa shape index (κ2) is 5.55. The largest absolute Gasteiger partial charge is 0.373 e. The Morgan fingerprint density at radius 1 is 1.36 bits per heavy atom. The standard InChI is InChI=1S/C12H16O2/c1-10(13)8-11(2)14-9-12-6-4-3-5-7-12/h3-7,11H,8-9H2,1-2H3/t11-/m0/s1. The van der Waals surface area contributed by atoms with Gasteiger partial charge in [0.05, 0.1) is 12.7 Å². The molecule has 0 N–H and O–H groups in total. The van der Waals surface area contributed by atoms with Gasteiger partial charge in [0.15, 0.2) is 0 Å². The van der Waals surface area contributed by atoms with E-state index in [-0.39, 0.29) is 11.9 Å². The maximum atomic E-state index is 10.8. The van der Waals surface area contributed by atoms with Crippen LogP contribution in [0.3, 0.4) is 0 Å². The first kappa shape index (κ1) is 10.9. The molecular formula is C12H16O2. The number of Topliss-reactive ketones (excluding diaryl/α,β-unsaturated/α-hetero) is 1. The topological polar surface area (TPSA) is 26.3 Å². The molecule has 0 aliphatic rings. The van der Waals surface area contributed by atoms with Crippen molar-refractivity contribution in [3.8, 4) is 0 Å². The van der Waals surface area contributed by atoms with Crippen molar-refractivity contribution in [3.63, 3.8) is 0 Å². The molecule has 0 aliphatic heterocycles. The number of rotatable bonds is 5. The van der Waals surface area contributed by atoms with Gasteiger partial charge < -0.3 is 4.74 Å². The van der Waals surface area contributed by atoms with Gasteiger partial charge in [-0.2, -0.15) is 0 Å². The average Bonchev–Trinajstić information content (AvgIpc) is 2.15. The summed E-state index contributed by atoms with van der Waals surface area (Å²) < 4.78 is 5.52. The summed E-state index contributed by atoms with van der Waals surface area (Å²) in [7, 11) is 0. The molecule has 1 aromatic rings. The number of carbonyl (C=O) groups excluding carboxylic acids is 1. The molecule has 2 heteroatoms. The lowest BCUT2D eigenvalue weighted by molar-refractivity contribution is -0.119. The molecule has 1 atom stereocenters. The number of ketones is 1. The summed E-state index contributed by atoms with van der Waals surface area (Å²) in [5.74, 6) is 0.172. The summed E-state index contributed by atoms with van der Waals surface area (Å²) in [6, 6.07) is 9.96. The van der Waals surface area contributed by atoms with Gasteiger partial charge >= 0.3 is 0 Å². The van der Waals surface area contributed by atoms with Crippen LogP contribution in [0.15, 0.2) is 30.3 Å². The summed E-state index contributed by atoms with van der Waals surface area (Å²) in [4.78, 5) is 10.8. The van der Waals surface area contributed by atoms with Gasteiger partial charge in [0.1, 0.15) is 5.78 Å². The van der Waals surface area contributed by atoms with Gasteiger partial charge in [-0.1, -0.05) is 30.3 Å². The Morgan fingerprint density at radius 2 is 2.00 bits per heavy atom. The Bertz CT molecular complexity index is 280. The lowest BCUT2D eigenvalue weighted by Crippen LogP contribution is -2.11. The van der Waals surface area contributed by atoms with E-state index in [4.69, 9.17) is 4.74 Å². The Kier molecular flexibility index (Phi) is 4.33. The zero-order valence-corrected chi connectivity index (χ0v) is 8.69. The maximum Gasteiger partial charge on any atom is 0.132 e. The fourth-order valence-electron chi connectivity index (χ4n) is 1.28. The van der Waals surface area contributed by atoms with Crippen molar-refractivity contribution in [3.05, 3.63) is 35.9 Å². The minimum absolute atomic E-state index is 0.00714. The molecule has 0 heterocycles. The number of hydrogen-bond donors (Lipinski definition) is 0. The number of hydrogen-bond acceptors (Lipinski definition) is 2. The average molecular weight is 192 g/mol. The molecule has 0 saturated carbocycles. The molecule has 0 bridgehead atoms.